The van der Waals surface area contributed by atoms with Gasteiger partial charge < -0.3 is 9.97 Å². The molecule has 0 radical (unpaired) electrons. The smallest absolute Gasteiger partial charge is 0.175 e. The van der Waals surface area contributed by atoms with Crippen LogP contribution in [0.5, 0.6) is 0 Å². The molecule has 17 heavy (non-hydrogen) atoms. The Labute approximate surface area is 105 Å². The monoisotopic (exact) mass is 246 g/mol. The molecule has 5 heteroatoms. The first-order valence-electron chi connectivity index (χ1n) is 5.94. The van der Waals surface area contributed by atoms with E-state index < -0.39 is 0 Å². The van der Waals surface area contributed by atoms with Gasteiger partial charge in [0.2, 0.25) is 0 Å². The molecular weight excluding hydrogens is 232 g/mol. The van der Waals surface area contributed by atoms with Crippen LogP contribution in [0, 0.1) is 4.64 Å². The van der Waals surface area contributed by atoms with Crippen LogP contribution in [0.1, 0.15) is 37.3 Å². The quantitative estimate of drug-likeness (QED) is 0.800. The van der Waals surface area contributed by atoms with Gasteiger partial charge in [-0.25, -0.2) is 9.97 Å². The third kappa shape index (κ3) is 2.15. The van der Waals surface area contributed by atoms with Gasteiger partial charge >= 0.3 is 0 Å². The molecule has 0 amide bonds. The molecule has 3 rings (SSSR count). The maximum atomic E-state index is 5.22. The minimum absolute atomic E-state index is 0.605. The second kappa shape index (κ2) is 4.41. The van der Waals surface area contributed by atoms with E-state index in [1.807, 2.05) is 6.07 Å². The van der Waals surface area contributed by atoms with Crippen LogP contribution in [0.15, 0.2) is 18.5 Å². The summed E-state index contributed by atoms with van der Waals surface area (Å²) in [6.45, 7) is 0. The maximum absolute atomic E-state index is 5.22. The highest BCUT2D eigenvalue weighted by Gasteiger charge is 2.18. The molecule has 1 aliphatic rings. The predicted molar refractivity (Wildman–Crippen MR) is 68.2 cm³/mol. The fourth-order valence-electron chi connectivity index (χ4n) is 2.44. The molecule has 1 aliphatic carbocycles. The first kappa shape index (κ1) is 10.7. The lowest BCUT2D eigenvalue weighted by molar-refractivity contribution is 0.694. The number of aromatic nitrogens is 4. The highest BCUT2D eigenvalue weighted by molar-refractivity contribution is 7.71. The molecule has 1 fully saturated rings. The largest absolute Gasteiger partial charge is 0.342 e. The first-order chi connectivity index (χ1) is 8.33. The van der Waals surface area contributed by atoms with Gasteiger partial charge in [0.25, 0.3) is 0 Å². The molecule has 0 atom stereocenters. The molecule has 0 saturated heterocycles. The lowest BCUT2D eigenvalue weighted by Gasteiger charge is -2.10. The molecule has 4 nitrogen and oxygen atoms in total. The van der Waals surface area contributed by atoms with Crippen LogP contribution in [0.25, 0.3) is 11.6 Å². The Morgan fingerprint density at radius 2 is 2.06 bits per heavy atom. The van der Waals surface area contributed by atoms with Crippen molar-refractivity contribution in [3.63, 3.8) is 0 Å². The van der Waals surface area contributed by atoms with Gasteiger partial charge in [-0.05, 0) is 24.8 Å². The van der Waals surface area contributed by atoms with Crippen LogP contribution < -0.4 is 0 Å². The third-order valence-electron chi connectivity index (χ3n) is 3.28. The Balaban J connectivity index is 2.03. The minimum Gasteiger partial charge on any atom is -0.342 e. The number of imidazole rings is 1. The summed E-state index contributed by atoms with van der Waals surface area (Å²) in [5, 5.41) is 0. The van der Waals surface area contributed by atoms with Gasteiger partial charge in [-0.15, -0.1) is 0 Å². The lowest BCUT2D eigenvalue weighted by Crippen LogP contribution is -2.01. The second-order valence-electron chi connectivity index (χ2n) is 4.44. The van der Waals surface area contributed by atoms with Crippen LogP contribution in [-0.4, -0.2) is 19.9 Å². The Kier molecular flexibility index (Phi) is 2.76. The van der Waals surface area contributed by atoms with E-state index >= 15 is 0 Å². The zero-order chi connectivity index (χ0) is 11.7. The van der Waals surface area contributed by atoms with Crippen molar-refractivity contribution in [3.05, 3.63) is 28.8 Å². The van der Waals surface area contributed by atoms with Gasteiger partial charge in [0.1, 0.15) is 4.64 Å². The van der Waals surface area contributed by atoms with Crippen LogP contribution in [-0.2, 0) is 0 Å². The van der Waals surface area contributed by atoms with Crippen molar-refractivity contribution in [1.29, 1.82) is 0 Å². The van der Waals surface area contributed by atoms with E-state index in [9.17, 15) is 0 Å². The zero-order valence-electron chi connectivity index (χ0n) is 9.44. The summed E-state index contributed by atoms with van der Waals surface area (Å²) < 4.78 is 0.636. The molecule has 0 spiro atoms. The Morgan fingerprint density at radius 1 is 1.24 bits per heavy atom. The van der Waals surface area contributed by atoms with E-state index in [1.54, 1.807) is 12.4 Å². The fourth-order valence-corrected chi connectivity index (χ4v) is 2.66. The van der Waals surface area contributed by atoms with Crippen molar-refractivity contribution < 1.29 is 0 Å². The van der Waals surface area contributed by atoms with Crippen molar-refractivity contribution >= 4 is 12.2 Å². The number of hydrogen-bond acceptors (Lipinski definition) is 3. The summed E-state index contributed by atoms with van der Waals surface area (Å²) in [5.74, 6) is 2.09. The molecule has 88 valence electrons. The highest BCUT2D eigenvalue weighted by Crippen LogP contribution is 2.33. The van der Waals surface area contributed by atoms with Gasteiger partial charge in [-0.2, -0.15) is 0 Å². The van der Waals surface area contributed by atoms with E-state index in [4.69, 9.17) is 12.2 Å². The van der Waals surface area contributed by atoms with Crippen molar-refractivity contribution in [2.45, 2.75) is 31.6 Å². The number of rotatable bonds is 2. The van der Waals surface area contributed by atoms with Crippen LogP contribution in [0.4, 0.5) is 0 Å². The highest BCUT2D eigenvalue weighted by atomic mass is 32.1. The number of hydrogen-bond donors (Lipinski definition) is 2. The van der Waals surface area contributed by atoms with Crippen LogP contribution >= 0.6 is 12.2 Å². The number of aromatic amines is 2. The topological polar surface area (TPSA) is 57.4 Å². The molecular formula is C12H14N4S. The Morgan fingerprint density at radius 3 is 2.76 bits per heavy atom. The average molecular weight is 246 g/mol. The average Bonchev–Trinajstić information content (AvgIpc) is 3.02. The summed E-state index contributed by atoms with van der Waals surface area (Å²) in [7, 11) is 0. The number of nitrogens with one attached hydrogen (secondary N) is 2. The Hall–Kier alpha value is -1.49. The standard InChI is InChI=1S/C12H14N4S/c17-10-7-9(8-3-1-2-4-8)15-12(16-10)11-13-5-6-14-11/h5-8H,1-4H2,(H,13,14)(H,15,16,17). The molecule has 2 aromatic heterocycles. The van der Waals surface area contributed by atoms with Gasteiger partial charge in [0.05, 0.1) is 0 Å². The van der Waals surface area contributed by atoms with E-state index in [0.29, 0.717) is 10.6 Å². The van der Waals surface area contributed by atoms with E-state index in [1.165, 1.54) is 31.4 Å². The van der Waals surface area contributed by atoms with E-state index in [2.05, 4.69) is 19.9 Å². The molecule has 0 bridgehead atoms. The first-order valence-corrected chi connectivity index (χ1v) is 6.35. The molecule has 0 unspecified atom stereocenters. The molecule has 2 aromatic rings. The van der Waals surface area contributed by atoms with Crippen molar-refractivity contribution in [2.75, 3.05) is 0 Å². The van der Waals surface area contributed by atoms with E-state index in [-0.39, 0.29) is 0 Å². The summed E-state index contributed by atoms with van der Waals surface area (Å²) in [5.41, 5.74) is 1.20. The van der Waals surface area contributed by atoms with Gasteiger partial charge in [0.15, 0.2) is 11.6 Å². The minimum atomic E-state index is 0.605. The third-order valence-corrected chi connectivity index (χ3v) is 3.49. The number of nitrogens with zero attached hydrogens (tertiary/aromatic N) is 2. The van der Waals surface area contributed by atoms with Gasteiger partial charge in [-0.1, -0.05) is 25.1 Å². The predicted octanol–water partition coefficient (Wildman–Crippen LogP) is 3.19. The fraction of sp³-hybridized carbons (Fsp3) is 0.417. The summed E-state index contributed by atoms with van der Waals surface area (Å²) in [4.78, 5) is 14.9. The van der Waals surface area contributed by atoms with Crippen LogP contribution in [0.2, 0.25) is 0 Å². The van der Waals surface area contributed by atoms with Crippen LogP contribution in [0.3, 0.4) is 0 Å². The second-order valence-corrected chi connectivity index (χ2v) is 4.86. The summed E-state index contributed by atoms with van der Waals surface area (Å²) in [6.07, 6.45) is 8.61. The van der Waals surface area contributed by atoms with Gasteiger partial charge in [-0.3, -0.25) is 0 Å². The van der Waals surface area contributed by atoms with E-state index in [0.717, 1.165) is 11.6 Å². The molecule has 0 aliphatic heterocycles. The van der Waals surface area contributed by atoms with Crippen molar-refractivity contribution in [1.82, 2.24) is 19.9 Å². The molecule has 1 saturated carbocycles. The van der Waals surface area contributed by atoms with Crippen molar-refractivity contribution in [2.24, 2.45) is 0 Å². The zero-order valence-corrected chi connectivity index (χ0v) is 10.3. The number of H-pyrrole nitrogens is 2. The summed E-state index contributed by atoms with van der Waals surface area (Å²) in [6, 6.07) is 1.98. The van der Waals surface area contributed by atoms with Gasteiger partial charge in [0, 0.05) is 18.1 Å². The summed E-state index contributed by atoms with van der Waals surface area (Å²) >= 11 is 5.22. The molecule has 2 heterocycles. The van der Waals surface area contributed by atoms with Crippen molar-refractivity contribution in [3.8, 4) is 11.6 Å². The normalized spacial score (nSPS) is 16.5. The SMILES string of the molecule is S=c1cc(C2CCCC2)[nH]c(-c2ncc[nH]2)n1. The molecule has 2 N–H and O–H groups in total. The molecule has 0 aromatic carbocycles. The maximum Gasteiger partial charge on any atom is 0.175 e. The Bertz CT molecular complexity index is 552. The lowest BCUT2D eigenvalue weighted by atomic mass is 10.0.